The molecule has 2 N–H and O–H groups in total. The first-order valence-corrected chi connectivity index (χ1v) is 6.24. The Bertz CT molecular complexity index is 449. The van der Waals surface area contributed by atoms with Gasteiger partial charge in [-0.25, -0.2) is 4.79 Å². The Morgan fingerprint density at radius 1 is 1.32 bits per heavy atom. The number of nitrogens with one attached hydrogen (secondary N) is 2. The predicted molar refractivity (Wildman–Crippen MR) is 72.8 cm³/mol. The van der Waals surface area contributed by atoms with Gasteiger partial charge >= 0.3 is 6.03 Å². The van der Waals surface area contributed by atoms with E-state index in [-0.39, 0.29) is 12.8 Å². The number of amides is 2. The molecule has 19 heavy (non-hydrogen) atoms. The van der Waals surface area contributed by atoms with Crippen LogP contribution in [0.4, 0.5) is 10.5 Å². The zero-order valence-electron chi connectivity index (χ0n) is 11.2. The Kier molecular flexibility index (Phi) is 4.46. The van der Waals surface area contributed by atoms with E-state index in [1.807, 2.05) is 14.1 Å². The van der Waals surface area contributed by atoms with E-state index >= 15 is 0 Å². The van der Waals surface area contributed by atoms with Crippen LogP contribution < -0.4 is 20.1 Å². The van der Waals surface area contributed by atoms with E-state index in [0.29, 0.717) is 23.7 Å². The summed E-state index contributed by atoms with van der Waals surface area (Å²) in [6, 6.07) is 5.11. The first-order chi connectivity index (χ1) is 9.15. The highest BCUT2D eigenvalue weighted by atomic mass is 16.7. The largest absolute Gasteiger partial charge is 0.454 e. The van der Waals surface area contributed by atoms with Gasteiger partial charge in [-0.1, -0.05) is 0 Å². The van der Waals surface area contributed by atoms with Crippen LogP contribution >= 0.6 is 0 Å². The number of fused-ring (bicyclic) bond motifs is 1. The van der Waals surface area contributed by atoms with E-state index in [1.165, 1.54) is 0 Å². The molecule has 0 bridgehead atoms. The number of urea groups is 1. The van der Waals surface area contributed by atoms with E-state index in [9.17, 15) is 4.79 Å². The second-order valence-corrected chi connectivity index (χ2v) is 4.61. The van der Waals surface area contributed by atoms with E-state index < -0.39 is 0 Å². The molecule has 0 aromatic heterocycles. The Labute approximate surface area is 112 Å². The summed E-state index contributed by atoms with van der Waals surface area (Å²) in [4.78, 5) is 13.7. The minimum atomic E-state index is -0.211. The van der Waals surface area contributed by atoms with Crippen LogP contribution in [0.1, 0.15) is 6.42 Å². The predicted octanol–water partition coefficient (Wildman–Crippen LogP) is 1.49. The molecule has 0 aliphatic carbocycles. The summed E-state index contributed by atoms with van der Waals surface area (Å²) in [6.07, 6.45) is 0.918. The Morgan fingerprint density at radius 3 is 2.89 bits per heavy atom. The fraction of sp³-hybridized carbons (Fsp3) is 0.462. The average Bonchev–Trinajstić information content (AvgIpc) is 2.82. The maximum atomic E-state index is 11.6. The zero-order valence-corrected chi connectivity index (χ0v) is 11.2. The third-order valence-corrected chi connectivity index (χ3v) is 2.70. The number of nitrogens with zero attached hydrogens (tertiary/aromatic N) is 1. The fourth-order valence-corrected chi connectivity index (χ4v) is 1.75. The lowest BCUT2D eigenvalue weighted by Gasteiger charge is -2.10. The number of hydrogen-bond donors (Lipinski definition) is 2. The number of carbonyl (C=O) groups is 1. The lowest BCUT2D eigenvalue weighted by molar-refractivity contribution is 0.174. The van der Waals surface area contributed by atoms with E-state index in [2.05, 4.69) is 15.5 Å². The molecule has 1 aliphatic heterocycles. The number of anilines is 1. The summed E-state index contributed by atoms with van der Waals surface area (Å²) in [7, 11) is 4.01. The maximum absolute atomic E-state index is 11.6. The molecular formula is C13H19N3O3. The third-order valence-electron chi connectivity index (χ3n) is 2.70. The van der Waals surface area contributed by atoms with Crippen molar-refractivity contribution in [2.75, 3.05) is 39.3 Å². The average molecular weight is 265 g/mol. The topological polar surface area (TPSA) is 62.8 Å². The highest BCUT2D eigenvalue weighted by Crippen LogP contribution is 2.34. The summed E-state index contributed by atoms with van der Waals surface area (Å²) in [6.45, 7) is 1.83. The molecule has 0 saturated heterocycles. The van der Waals surface area contributed by atoms with Gasteiger partial charge in [-0.05, 0) is 39.2 Å². The van der Waals surface area contributed by atoms with Gasteiger partial charge < -0.3 is 25.0 Å². The van der Waals surface area contributed by atoms with Gasteiger partial charge in [-0.15, -0.1) is 0 Å². The van der Waals surface area contributed by atoms with Crippen molar-refractivity contribution in [3.8, 4) is 11.5 Å². The number of carbonyl (C=O) groups excluding carboxylic acids is 1. The van der Waals surface area contributed by atoms with Crippen LogP contribution in [0.5, 0.6) is 11.5 Å². The Morgan fingerprint density at radius 2 is 2.11 bits per heavy atom. The first kappa shape index (κ1) is 13.5. The SMILES string of the molecule is CN(C)CCCNC(=O)Nc1ccc2c(c1)OCO2. The zero-order chi connectivity index (χ0) is 13.7. The molecule has 0 spiro atoms. The second-order valence-electron chi connectivity index (χ2n) is 4.61. The van der Waals surface area contributed by atoms with Gasteiger partial charge in [0.05, 0.1) is 0 Å². The number of hydrogen-bond acceptors (Lipinski definition) is 4. The maximum Gasteiger partial charge on any atom is 0.319 e. The third kappa shape index (κ3) is 4.03. The molecule has 0 unspecified atom stereocenters. The van der Waals surface area contributed by atoms with Crippen molar-refractivity contribution in [3.05, 3.63) is 18.2 Å². The van der Waals surface area contributed by atoms with Gasteiger partial charge in [0, 0.05) is 18.3 Å². The minimum absolute atomic E-state index is 0.211. The summed E-state index contributed by atoms with van der Waals surface area (Å²) in [5, 5.41) is 5.57. The second kappa shape index (κ2) is 6.29. The van der Waals surface area contributed by atoms with Crippen LogP contribution in [0.2, 0.25) is 0 Å². The molecule has 104 valence electrons. The summed E-state index contributed by atoms with van der Waals surface area (Å²) in [5.41, 5.74) is 0.689. The van der Waals surface area contributed by atoms with Gasteiger partial charge in [-0.3, -0.25) is 0 Å². The molecule has 2 amide bonds. The summed E-state index contributed by atoms with van der Waals surface area (Å²) in [5.74, 6) is 1.36. The first-order valence-electron chi connectivity index (χ1n) is 6.24. The molecule has 0 saturated carbocycles. The molecule has 0 radical (unpaired) electrons. The molecule has 0 atom stereocenters. The van der Waals surface area contributed by atoms with Crippen molar-refractivity contribution >= 4 is 11.7 Å². The van der Waals surface area contributed by atoms with Gasteiger partial charge in [0.15, 0.2) is 11.5 Å². The van der Waals surface area contributed by atoms with Crippen molar-refractivity contribution in [3.63, 3.8) is 0 Å². The Balaban J connectivity index is 1.76. The molecule has 1 aromatic carbocycles. The number of benzene rings is 1. The van der Waals surface area contributed by atoms with Crippen LogP contribution in [-0.4, -0.2) is 44.9 Å². The van der Waals surface area contributed by atoms with E-state index in [4.69, 9.17) is 9.47 Å². The smallest absolute Gasteiger partial charge is 0.319 e. The van der Waals surface area contributed by atoms with Crippen molar-refractivity contribution in [2.24, 2.45) is 0 Å². The Hall–Kier alpha value is -1.95. The van der Waals surface area contributed by atoms with Crippen LogP contribution in [0, 0.1) is 0 Å². The molecule has 6 heteroatoms. The van der Waals surface area contributed by atoms with Crippen molar-refractivity contribution in [2.45, 2.75) is 6.42 Å². The standard InChI is InChI=1S/C13H19N3O3/c1-16(2)7-3-6-14-13(17)15-10-4-5-11-12(8-10)19-9-18-11/h4-5,8H,3,6-7,9H2,1-2H3,(H2,14,15,17). The summed E-state index contributed by atoms with van der Waals surface area (Å²) < 4.78 is 10.5. The molecule has 2 rings (SSSR count). The van der Waals surface area contributed by atoms with Crippen LogP contribution in [0.25, 0.3) is 0 Å². The summed E-state index contributed by atoms with van der Waals surface area (Å²) >= 11 is 0. The number of ether oxygens (including phenoxy) is 2. The quantitative estimate of drug-likeness (QED) is 0.792. The molecular weight excluding hydrogens is 246 g/mol. The van der Waals surface area contributed by atoms with E-state index in [1.54, 1.807) is 18.2 Å². The van der Waals surface area contributed by atoms with Crippen LogP contribution in [-0.2, 0) is 0 Å². The molecule has 6 nitrogen and oxygen atoms in total. The highest BCUT2D eigenvalue weighted by molar-refractivity contribution is 5.89. The van der Waals surface area contributed by atoms with E-state index in [0.717, 1.165) is 13.0 Å². The molecule has 1 heterocycles. The van der Waals surface area contributed by atoms with Gasteiger partial charge in [-0.2, -0.15) is 0 Å². The molecule has 0 fully saturated rings. The van der Waals surface area contributed by atoms with Gasteiger partial charge in [0.25, 0.3) is 0 Å². The van der Waals surface area contributed by atoms with Crippen molar-refractivity contribution in [1.82, 2.24) is 10.2 Å². The van der Waals surface area contributed by atoms with Crippen molar-refractivity contribution in [1.29, 1.82) is 0 Å². The lowest BCUT2D eigenvalue weighted by Crippen LogP contribution is -2.31. The minimum Gasteiger partial charge on any atom is -0.454 e. The highest BCUT2D eigenvalue weighted by Gasteiger charge is 2.13. The normalized spacial score (nSPS) is 12.6. The fourth-order valence-electron chi connectivity index (χ4n) is 1.75. The monoisotopic (exact) mass is 265 g/mol. The molecule has 1 aliphatic rings. The van der Waals surface area contributed by atoms with Gasteiger partial charge in [0.1, 0.15) is 0 Å². The lowest BCUT2D eigenvalue weighted by atomic mass is 10.3. The van der Waals surface area contributed by atoms with Crippen LogP contribution in [0.3, 0.4) is 0 Å². The van der Waals surface area contributed by atoms with Crippen molar-refractivity contribution < 1.29 is 14.3 Å². The number of rotatable bonds is 5. The van der Waals surface area contributed by atoms with Crippen LogP contribution in [0.15, 0.2) is 18.2 Å². The molecule has 1 aromatic rings. The van der Waals surface area contributed by atoms with Gasteiger partial charge in [0.2, 0.25) is 6.79 Å².